The summed E-state index contributed by atoms with van der Waals surface area (Å²) < 4.78 is 10.7. The lowest BCUT2D eigenvalue weighted by molar-refractivity contribution is 0.108. The van der Waals surface area contributed by atoms with Gasteiger partial charge < -0.3 is 14.5 Å². The summed E-state index contributed by atoms with van der Waals surface area (Å²) in [4.78, 5) is 2.22. The monoisotopic (exact) mass is 254 g/mol. The van der Waals surface area contributed by atoms with Gasteiger partial charge in [0.25, 0.3) is 0 Å². The topological polar surface area (TPSA) is 37.6 Å². The first kappa shape index (κ1) is 15.2. The molecule has 1 heterocycles. The molecular weight excluding hydrogens is 228 g/mol. The van der Waals surface area contributed by atoms with E-state index in [4.69, 9.17) is 9.15 Å². The molecule has 0 aromatic carbocycles. The fourth-order valence-electron chi connectivity index (χ4n) is 1.69. The predicted molar refractivity (Wildman–Crippen MR) is 73.5 cm³/mol. The molecule has 1 unspecified atom stereocenters. The second-order valence-electron chi connectivity index (χ2n) is 5.18. The summed E-state index contributed by atoms with van der Waals surface area (Å²) in [5.74, 6) is 1.00. The number of nitrogens with zero attached hydrogens (tertiary/aromatic N) is 1. The van der Waals surface area contributed by atoms with Crippen molar-refractivity contribution < 1.29 is 9.15 Å². The SMILES string of the molecule is COCC(C)N(C)Cc1cc(CNC(C)C)co1. The van der Waals surface area contributed by atoms with Crippen LogP contribution in [-0.2, 0) is 17.8 Å². The van der Waals surface area contributed by atoms with E-state index < -0.39 is 0 Å². The van der Waals surface area contributed by atoms with E-state index in [1.165, 1.54) is 5.56 Å². The summed E-state index contributed by atoms with van der Waals surface area (Å²) in [6.45, 7) is 8.83. The van der Waals surface area contributed by atoms with Crippen LogP contribution in [0.5, 0.6) is 0 Å². The molecule has 1 aromatic rings. The van der Waals surface area contributed by atoms with Crippen molar-refractivity contribution in [2.24, 2.45) is 0 Å². The molecule has 0 saturated carbocycles. The summed E-state index contributed by atoms with van der Waals surface area (Å²) in [6, 6.07) is 3.00. The number of furan rings is 1. The average molecular weight is 254 g/mol. The normalized spacial score (nSPS) is 13.5. The van der Waals surface area contributed by atoms with Gasteiger partial charge in [-0.25, -0.2) is 0 Å². The van der Waals surface area contributed by atoms with Crippen LogP contribution in [0.25, 0.3) is 0 Å². The Morgan fingerprint density at radius 1 is 1.39 bits per heavy atom. The lowest BCUT2D eigenvalue weighted by Gasteiger charge is -2.22. The van der Waals surface area contributed by atoms with Crippen LogP contribution in [0.15, 0.2) is 16.7 Å². The van der Waals surface area contributed by atoms with Gasteiger partial charge in [0.2, 0.25) is 0 Å². The molecule has 4 nitrogen and oxygen atoms in total. The van der Waals surface area contributed by atoms with Crippen LogP contribution in [0.3, 0.4) is 0 Å². The quantitative estimate of drug-likeness (QED) is 0.772. The molecule has 0 saturated heterocycles. The second-order valence-corrected chi connectivity index (χ2v) is 5.18. The van der Waals surface area contributed by atoms with Gasteiger partial charge in [0, 0.05) is 31.3 Å². The van der Waals surface area contributed by atoms with Gasteiger partial charge in [-0.1, -0.05) is 13.8 Å². The Kier molecular flexibility index (Phi) is 6.39. The molecule has 1 aromatic heterocycles. The van der Waals surface area contributed by atoms with Gasteiger partial charge in [-0.15, -0.1) is 0 Å². The number of methoxy groups -OCH3 is 1. The molecule has 0 aliphatic heterocycles. The lowest BCUT2D eigenvalue weighted by Crippen LogP contribution is -2.32. The third kappa shape index (κ3) is 5.21. The van der Waals surface area contributed by atoms with Crippen LogP contribution in [0.1, 0.15) is 32.1 Å². The van der Waals surface area contributed by atoms with Crippen molar-refractivity contribution in [2.45, 2.75) is 45.9 Å². The minimum atomic E-state index is 0.386. The van der Waals surface area contributed by atoms with Crippen molar-refractivity contribution >= 4 is 0 Å². The predicted octanol–water partition coefficient (Wildman–Crippen LogP) is 2.24. The van der Waals surface area contributed by atoms with Gasteiger partial charge in [0.1, 0.15) is 5.76 Å². The molecule has 0 amide bonds. The number of rotatable bonds is 8. The van der Waals surface area contributed by atoms with E-state index in [1.54, 1.807) is 7.11 Å². The van der Waals surface area contributed by atoms with E-state index >= 15 is 0 Å². The molecule has 0 aliphatic rings. The van der Waals surface area contributed by atoms with Gasteiger partial charge in [0.05, 0.1) is 19.4 Å². The number of hydrogen-bond donors (Lipinski definition) is 1. The number of nitrogens with one attached hydrogen (secondary N) is 1. The highest BCUT2D eigenvalue weighted by Gasteiger charge is 2.11. The van der Waals surface area contributed by atoms with Crippen molar-refractivity contribution in [1.29, 1.82) is 0 Å². The molecule has 1 atom stereocenters. The van der Waals surface area contributed by atoms with Crippen molar-refractivity contribution in [3.8, 4) is 0 Å². The standard InChI is InChI=1S/C14H26N2O2/c1-11(2)15-7-13-6-14(18-10-13)8-16(4)12(3)9-17-5/h6,10-12,15H,7-9H2,1-5H3. The maximum atomic E-state index is 5.57. The first-order valence-electron chi connectivity index (χ1n) is 6.51. The Hall–Kier alpha value is -0.840. The zero-order valence-corrected chi connectivity index (χ0v) is 12.2. The first-order chi connectivity index (χ1) is 8.52. The molecule has 4 heteroatoms. The largest absolute Gasteiger partial charge is 0.468 e. The smallest absolute Gasteiger partial charge is 0.118 e. The van der Waals surface area contributed by atoms with Gasteiger partial charge >= 0.3 is 0 Å². The highest BCUT2D eigenvalue weighted by Crippen LogP contribution is 2.11. The zero-order valence-electron chi connectivity index (χ0n) is 12.2. The molecule has 104 valence electrons. The fourth-order valence-corrected chi connectivity index (χ4v) is 1.69. The first-order valence-corrected chi connectivity index (χ1v) is 6.51. The maximum Gasteiger partial charge on any atom is 0.118 e. The minimum Gasteiger partial charge on any atom is -0.468 e. The Bertz CT molecular complexity index is 336. The van der Waals surface area contributed by atoms with Crippen molar-refractivity contribution in [3.05, 3.63) is 23.7 Å². The molecule has 1 rings (SSSR count). The molecule has 1 N–H and O–H groups in total. The fraction of sp³-hybridized carbons (Fsp3) is 0.714. The van der Waals surface area contributed by atoms with Crippen LogP contribution in [-0.4, -0.2) is 37.7 Å². The van der Waals surface area contributed by atoms with E-state index in [-0.39, 0.29) is 0 Å². The molecule has 0 fully saturated rings. The summed E-state index contributed by atoms with van der Waals surface area (Å²) in [6.07, 6.45) is 1.83. The average Bonchev–Trinajstić information content (AvgIpc) is 2.74. The molecule has 18 heavy (non-hydrogen) atoms. The van der Waals surface area contributed by atoms with Crippen LogP contribution < -0.4 is 5.32 Å². The number of likely N-dealkylation sites (N-methyl/N-ethyl adjacent to an activating group) is 1. The lowest BCUT2D eigenvalue weighted by atomic mass is 10.2. The van der Waals surface area contributed by atoms with Crippen LogP contribution >= 0.6 is 0 Å². The summed E-state index contributed by atoms with van der Waals surface area (Å²) in [5, 5.41) is 3.38. The van der Waals surface area contributed by atoms with Crippen molar-refractivity contribution in [3.63, 3.8) is 0 Å². The van der Waals surface area contributed by atoms with Gasteiger partial charge in [0.15, 0.2) is 0 Å². The Balaban J connectivity index is 2.43. The maximum absolute atomic E-state index is 5.57. The van der Waals surface area contributed by atoms with E-state index in [2.05, 4.69) is 44.1 Å². The molecular formula is C14H26N2O2. The summed E-state index contributed by atoms with van der Waals surface area (Å²) in [7, 11) is 3.81. The van der Waals surface area contributed by atoms with Crippen molar-refractivity contribution in [1.82, 2.24) is 10.2 Å². The van der Waals surface area contributed by atoms with E-state index in [0.717, 1.165) is 25.5 Å². The van der Waals surface area contributed by atoms with Gasteiger partial charge in [-0.3, -0.25) is 4.90 Å². The Morgan fingerprint density at radius 2 is 2.11 bits per heavy atom. The molecule has 0 bridgehead atoms. The second kappa shape index (κ2) is 7.56. The zero-order chi connectivity index (χ0) is 13.5. The van der Waals surface area contributed by atoms with Crippen LogP contribution in [0, 0.1) is 0 Å². The highest BCUT2D eigenvalue weighted by atomic mass is 16.5. The van der Waals surface area contributed by atoms with Gasteiger partial charge in [-0.2, -0.15) is 0 Å². The van der Waals surface area contributed by atoms with Crippen LogP contribution in [0.4, 0.5) is 0 Å². The third-order valence-corrected chi connectivity index (χ3v) is 2.99. The van der Waals surface area contributed by atoms with E-state index in [1.807, 2.05) is 6.26 Å². The highest BCUT2D eigenvalue weighted by molar-refractivity contribution is 5.12. The molecule has 0 spiro atoms. The van der Waals surface area contributed by atoms with E-state index in [9.17, 15) is 0 Å². The summed E-state index contributed by atoms with van der Waals surface area (Å²) in [5.41, 5.74) is 1.20. The minimum absolute atomic E-state index is 0.386. The van der Waals surface area contributed by atoms with Crippen molar-refractivity contribution in [2.75, 3.05) is 20.8 Å². The number of hydrogen-bond acceptors (Lipinski definition) is 4. The van der Waals surface area contributed by atoms with Gasteiger partial charge in [-0.05, 0) is 20.0 Å². The third-order valence-electron chi connectivity index (χ3n) is 2.99. The Morgan fingerprint density at radius 3 is 2.72 bits per heavy atom. The molecule has 0 radical (unpaired) electrons. The Labute approximate surface area is 110 Å². The molecule has 0 aliphatic carbocycles. The number of ether oxygens (including phenoxy) is 1. The van der Waals surface area contributed by atoms with Crippen LogP contribution in [0.2, 0.25) is 0 Å². The van der Waals surface area contributed by atoms with E-state index in [0.29, 0.717) is 12.1 Å². The summed E-state index contributed by atoms with van der Waals surface area (Å²) >= 11 is 0.